The van der Waals surface area contributed by atoms with Crippen LogP contribution in [-0.2, 0) is 16.1 Å². The average molecular weight is 393 g/mol. The van der Waals surface area contributed by atoms with Gasteiger partial charge in [-0.05, 0) is 55.0 Å². The van der Waals surface area contributed by atoms with Crippen LogP contribution in [-0.4, -0.2) is 49.1 Å². The number of carbonyl (C=O) groups excluding carboxylic acids is 2. The molecule has 0 radical (unpaired) electrons. The Morgan fingerprint density at radius 1 is 1.07 bits per heavy atom. The smallest absolute Gasteiger partial charge is 0.338 e. The Labute approximate surface area is 169 Å². The standard InChI is InChI=1S/C21H23N5O3/c1-21(2,3)25(13-16-8-5-4-6-9-16)19(27)14-29-20(28)17-10-7-11-18(12-17)26-15-22-23-24-26/h4-12,15H,13-14H2,1-3H3. The van der Waals surface area contributed by atoms with E-state index in [1.54, 1.807) is 29.2 Å². The van der Waals surface area contributed by atoms with E-state index >= 15 is 0 Å². The highest BCUT2D eigenvalue weighted by Crippen LogP contribution is 2.18. The lowest BCUT2D eigenvalue weighted by atomic mass is 10.0. The molecule has 0 atom stereocenters. The minimum Gasteiger partial charge on any atom is -0.452 e. The first-order valence-electron chi connectivity index (χ1n) is 9.19. The molecule has 150 valence electrons. The van der Waals surface area contributed by atoms with Crippen molar-refractivity contribution < 1.29 is 14.3 Å². The maximum atomic E-state index is 12.8. The van der Waals surface area contributed by atoms with Gasteiger partial charge in [0.05, 0.1) is 11.3 Å². The molecule has 0 saturated heterocycles. The lowest BCUT2D eigenvalue weighted by molar-refractivity contribution is -0.140. The predicted octanol–water partition coefficient (Wildman–Crippen LogP) is 2.65. The number of rotatable bonds is 6. The van der Waals surface area contributed by atoms with E-state index in [9.17, 15) is 9.59 Å². The van der Waals surface area contributed by atoms with E-state index in [0.717, 1.165) is 5.56 Å². The number of ether oxygens (including phenoxy) is 1. The predicted molar refractivity (Wildman–Crippen MR) is 106 cm³/mol. The zero-order valence-electron chi connectivity index (χ0n) is 16.6. The summed E-state index contributed by atoms with van der Waals surface area (Å²) in [4.78, 5) is 27.0. The van der Waals surface area contributed by atoms with Gasteiger partial charge in [-0.2, -0.15) is 0 Å². The summed E-state index contributed by atoms with van der Waals surface area (Å²) in [6.45, 7) is 5.95. The third kappa shape index (κ3) is 5.25. The van der Waals surface area contributed by atoms with E-state index in [1.165, 1.54) is 11.0 Å². The number of tetrazole rings is 1. The van der Waals surface area contributed by atoms with Crippen LogP contribution < -0.4 is 0 Å². The number of nitrogens with zero attached hydrogens (tertiary/aromatic N) is 5. The van der Waals surface area contributed by atoms with Gasteiger partial charge in [0.25, 0.3) is 5.91 Å². The SMILES string of the molecule is CC(C)(C)N(Cc1ccccc1)C(=O)COC(=O)c1cccc(-n2cnnn2)c1. The normalized spacial score (nSPS) is 11.1. The van der Waals surface area contributed by atoms with Gasteiger partial charge in [0.15, 0.2) is 6.61 Å². The van der Waals surface area contributed by atoms with Crippen LogP contribution >= 0.6 is 0 Å². The molecular formula is C21H23N5O3. The molecule has 8 heteroatoms. The van der Waals surface area contributed by atoms with Gasteiger partial charge in [-0.15, -0.1) is 5.10 Å². The number of benzene rings is 2. The molecule has 3 aromatic rings. The second-order valence-electron chi connectivity index (χ2n) is 7.52. The molecule has 2 aromatic carbocycles. The lowest BCUT2D eigenvalue weighted by Crippen LogP contribution is -2.46. The Balaban J connectivity index is 1.66. The molecule has 0 spiro atoms. The number of aromatic nitrogens is 4. The van der Waals surface area contributed by atoms with Crippen LogP contribution in [0, 0.1) is 0 Å². The van der Waals surface area contributed by atoms with Crippen LogP contribution in [0.1, 0.15) is 36.7 Å². The molecular weight excluding hydrogens is 370 g/mol. The van der Waals surface area contributed by atoms with Crippen LogP contribution in [0.25, 0.3) is 5.69 Å². The Kier molecular flexibility index (Phi) is 6.01. The molecule has 0 bridgehead atoms. The molecule has 0 unspecified atom stereocenters. The fourth-order valence-corrected chi connectivity index (χ4v) is 2.81. The number of hydrogen-bond acceptors (Lipinski definition) is 6. The van der Waals surface area contributed by atoms with Crippen LogP contribution in [0.3, 0.4) is 0 Å². The zero-order valence-corrected chi connectivity index (χ0v) is 16.6. The molecule has 0 aliphatic carbocycles. The molecule has 1 heterocycles. The first kappa shape index (κ1) is 20.2. The van der Waals surface area contributed by atoms with Crippen molar-refractivity contribution in [3.63, 3.8) is 0 Å². The van der Waals surface area contributed by atoms with Crippen molar-refractivity contribution in [2.45, 2.75) is 32.9 Å². The lowest BCUT2D eigenvalue weighted by Gasteiger charge is -2.35. The number of carbonyl (C=O) groups is 2. The van der Waals surface area contributed by atoms with E-state index in [1.807, 2.05) is 51.1 Å². The summed E-state index contributed by atoms with van der Waals surface area (Å²) in [5.74, 6) is -0.840. The van der Waals surface area contributed by atoms with Crippen molar-refractivity contribution in [1.29, 1.82) is 0 Å². The summed E-state index contributed by atoms with van der Waals surface area (Å²) in [6.07, 6.45) is 1.43. The van der Waals surface area contributed by atoms with E-state index in [0.29, 0.717) is 17.8 Å². The molecule has 0 fully saturated rings. The van der Waals surface area contributed by atoms with Crippen LogP contribution in [0.2, 0.25) is 0 Å². The quantitative estimate of drug-likeness (QED) is 0.598. The number of hydrogen-bond donors (Lipinski definition) is 0. The zero-order chi connectivity index (χ0) is 20.9. The van der Waals surface area contributed by atoms with Crippen molar-refractivity contribution in [2.75, 3.05) is 6.61 Å². The minimum atomic E-state index is -0.582. The van der Waals surface area contributed by atoms with E-state index in [2.05, 4.69) is 15.5 Å². The molecule has 1 amide bonds. The van der Waals surface area contributed by atoms with Crippen LogP contribution in [0.15, 0.2) is 60.9 Å². The monoisotopic (exact) mass is 393 g/mol. The summed E-state index contributed by atoms with van der Waals surface area (Å²) in [5.41, 5.74) is 1.53. The summed E-state index contributed by atoms with van der Waals surface area (Å²) in [7, 11) is 0. The van der Waals surface area contributed by atoms with E-state index < -0.39 is 11.5 Å². The fraction of sp³-hybridized carbons (Fsp3) is 0.286. The molecule has 29 heavy (non-hydrogen) atoms. The van der Waals surface area contributed by atoms with Gasteiger partial charge < -0.3 is 9.64 Å². The summed E-state index contributed by atoms with van der Waals surface area (Å²) in [6, 6.07) is 16.4. The molecule has 8 nitrogen and oxygen atoms in total. The highest BCUT2D eigenvalue weighted by atomic mass is 16.5. The Morgan fingerprint density at radius 2 is 1.83 bits per heavy atom. The minimum absolute atomic E-state index is 0.258. The first-order chi connectivity index (χ1) is 13.8. The third-order valence-corrected chi connectivity index (χ3v) is 4.32. The molecule has 3 rings (SSSR count). The van der Waals surface area contributed by atoms with Crippen LogP contribution in [0.5, 0.6) is 0 Å². The Morgan fingerprint density at radius 3 is 2.48 bits per heavy atom. The topological polar surface area (TPSA) is 90.2 Å². The van der Waals surface area contributed by atoms with Crippen molar-refractivity contribution in [1.82, 2.24) is 25.1 Å². The molecule has 0 N–H and O–H groups in total. The fourth-order valence-electron chi connectivity index (χ4n) is 2.81. The van der Waals surface area contributed by atoms with Crippen molar-refractivity contribution >= 4 is 11.9 Å². The maximum Gasteiger partial charge on any atom is 0.338 e. The third-order valence-electron chi connectivity index (χ3n) is 4.32. The van der Waals surface area contributed by atoms with Crippen LogP contribution in [0.4, 0.5) is 0 Å². The maximum absolute atomic E-state index is 12.8. The molecule has 0 saturated carbocycles. The van der Waals surface area contributed by atoms with Gasteiger partial charge in [-0.25, -0.2) is 9.48 Å². The molecule has 0 aliphatic rings. The largest absolute Gasteiger partial charge is 0.452 e. The first-order valence-corrected chi connectivity index (χ1v) is 9.19. The van der Waals surface area contributed by atoms with Crippen molar-refractivity contribution in [2.24, 2.45) is 0 Å². The second-order valence-corrected chi connectivity index (χ2v) is 7.52. The van der Waals surface area contributed by atoms with Gasteiger partial charge in [-0.1, -0.05) is 36.4 Å². The van der Waals surface area contributed by atoms with E-state index in [-0.39, 0.29) is 12.5 Å². The molecule has 1 aromatic heterocycles. The van der Waals surface area contributed by atoms with E-state index in [4.69, 9.17) is 4.74 Å². The van der Waals surface area contributed by atoms with Gasteiger partial charge in [0.1, 0.15) is 6.33 Å². The van der Waals surface area contributed by atoms with Gasteiger partial charge in [0, 0.05) is 12.1 Å². The van der Waals surface area contributed by atoms with Gasteiger partial charge in [0.2, 0.25) is 0 Å². The number of amides is 1. The summed E-state index contributed by atoms with van der Waals surface area (Å²) >= 11 is 0. The van der Waals surface area contributed by atoms with Crippen molar-refractivity contribution in [3.05, 3.63) is 72.1 Å². The van der Waals surface area contributed by atoms with Gasteiger partial charge >= 0.3 is 5.97 Å². The summed E-state index contributed by atoms with van der Waals surface area (Å²) in [5, 5.41) is 10.9. The Hall–Kier alpha value is -3.55. The highest BCUT2D eigenvalue weighted by molar-refractivity contribution is 5.92. The highest BCUT2D eigenvalue weighted by Gasteiger charge is 2.27. The Bertz CT molecular complexity index is 965. The number of esters is 1. The summed E-state index contributed by atoms with van der Waals surface area (Å²) < 4.78 is 6.72. The average Bonchev–Trinajstić information content (AvgIpc) is 3.25. The molecule has 0 aliphatic heterocycles. The van der Waals surface area contributed by atoms with Crippen molar-refractivity contribution in [3.8, 4) is 5.69 Å². The second kappa shape index (κ2) is 8.64. The van der Waals surface area contributed by atoms with Gasteiger partial charge in [-0.3, -0.25) is 4.79 Å².